The van der Waals surface area contributed by atoms with Gasteiger partial charge in [0.05, 0.1) is 36.4 Å². The van der Waals surface area contributed by atoms with E-state index in [1.165, 1.54) is 7.11 Å². The van der Waals surface area contributed by atoms with Gasteiger partial charge in [0.2, 0.25) is 5.95 Å². The molecular weight excluding hydrogens is 432 g/mol. The molecule has 1 aliphatic rings. The van der Waals surface area contributed by atoms with Gasteiger partial charge in [-0.05, 0) is 30.3 Å². The van der Waals surface area contributed by atoms with E-state index in [0.29, 0.717) is 33.6 Å². The van der Waals surface area contributed by atoms with E-state index in [1.807, 2.05) is 24.3 Å². The highest BCUT2D eigenvalue weighted by Crippen LogP contribution is 2.31. The van der Waals surface area contributed by atoms with Crippen LogP contribution in [-0.4, -0.2) is 35.9 Å². The van der Waals surface area contributed by atoms with Crippen molar-refractivity contribution in [2.75, 3.05) is 24.5 Å². The van der Waals surface area contributed by atoms with Crippen LogP contribution in [0.1, 0.15) is 15.9 Å². The first kappa shape index (κ1) is 21.2. The maximum atomic E-state index is 12.0. The number of aromatic nitrogens is 2. The Morgan fingerprint density at radius 3 is 2.66 bits per heavy atom. The highest BCUT2D eigenvalue weighted by molar-refractivity contribution is 6.33. The predicted molar refractivity (Wildman–Crippen MR) is 122 cm³/mol. The fourth-order valence-corrected chi connectivity index (χ4v) is 3.14. The number of methoxy groups -OCH3 is 1. The summed E-state index contributed by atoms with van der Waals surface area (Å²) in [7, 11) is 3.04. The van der Waals surface area contributed by atoms with Crippen molar-refractivity contribution in [1.82, 2.24) is 15.3 Å². The summed E-state index contributed by atoms with van der Waals surface area (Å²) >= 11 is 6.37. The maximum absolute atomic E-state index is 12.0. The summed E-state index contributed by atoms with van der Waals surface area (Å²) in [5.74, 6) is 3.72. The average molecular weight is 451 g/mol. The molecular formula is C22H19ClN6O3. The summed E-state index contributed by atoms with van der Waals surface area (Å²) in [6.07, 6.45) is 4.85. The minimum absolute atomic E-state index is 0.113. The average Bonchev–Trinajstić information content (AvgIpc) is 2.78. The molecule has 4 rings (SSSR count). The Balaban J connectivity index is 1.42. The number of nitrogens with one attached hydrogen (secondary N) is 2. The first-order chi connectivity index (χ1) is 15.6. The molecule has 2 N–H and O–H groups in total. The maximum Gasteiger partial charge on any atom is 0.251 e. The van der Waals surface area contributed by atoms with E-state index in [4.69, 9.17) is 21.1 Å². The van der Waals surface area contributed by atoms with Crippen molar-refractivity contribution in [1.29, 1.82) is 0 Å². The topological polar surface area (TPSA) is 101 Å². The van der Waals surface area contributed by atoms with E-state index < -0.39 is 0 Å². The van der Waals surface area contributed by atoms with E-state index in [-0.39, 0.29) is 12.5 Å². The van der Waals surface area contributed by atoms with Gasteiger partial charge in [0.1, 0.15) is 12.4 Å². The first-order valence-electron chi connectivity index (χ1n) is 9.56. The number of hydrogen-bond donors (Lipinski definition) is 2. The Kier molecular flexibility index (Phi) is 6.21. The Morgan fingerprint density at radius 1 is 1.22 bits per heavy atom. The van der Waals surface area contributed by atoms with Gasteiger partial charge in [0.25, 0.3) is 5.91 Å². The molecule has 2 aromatic carbocycles. The van der Waals surface area contributed by atoms with E-state index in [1.54, 1.807) is 42.8 Å². The monoisotopic (exact) mass is 450 g/mol. The summed E-state index contributed by atoms with van der Waals surface area (Å²) in [6.45, 7) is 0.113. The van der Waals surface area contributed by atoms with Crippen LogP contribution in [0.2, 0.25) is 5.02 Å². The molecule has 1 aromatic heterocycles. The number of rotatable bonds is 8. The minimum Gasteiger partial charge on any atom is -0.495 e. The van der Waals surface area contributed by atoms with E-state index >= 15 is 0 Å². The number of carbonyl (C=O) groups is 1. The van der Waals surface area contributed by atoms with Crippen molar-refractivity contribution in [3.8, 4) is 11.5 Å². The SMILES string of the molecule is CNC(=O)c1cc(COc2cnc(Nc3cccc(N4C=C=N4)c3)nc2)c(Cl)c(OC)c1. The third-order valence-electron chi connectivity index (χ3n) is 4.56. The number of halogens is 1. The number of hydrogen-bond acceptors (Lipinski definition) is 8. The zero-order valence-corrected chi connectivity index (χ0v) is 18.1. The Bertz CT molecular complexity index is 1200. The van der Waals surface area contributed by atoms with Crippen molar-refractivity contribution >= 4 is 40.7 Å². The molecule has 0 saturated heterocycles. The van der Waals surface area contributed by atoms with Crippen molar-refractivity contribution in [2.45, 2.75) is 6.61 Å². The fourth-order valence-electron chi connectivity index (χ4n) is 2.90. The van der Waals surface area contributed by atoms with Crippen LogP contribution in [0.5, 0.6) is 11.5 Å². The van der Waals surface area contributed by atoms with E-state index in [9.17, 15) is 4.79 Å². The van der Waals surface area contributed by atoms with E-state index in [0.717, 1.165) is 11.4 Å². The molecule has 3 aromatic rings. The number of benzene rings is 2. The van der Waals surface area contributed by atoms with Gasteiger partial charge in [-0.3, -0.25) is 4.79 Å². The minimum atomic E-state index is -0.249. The predicted octanol–water partition coefficient (Wildman–Crippen LogP) is 3.74. The molecule has 0 aliphatic carbocycles. The molecule has 32 heavy (non-hydrogen) atoms. The van der Waals surface area contributed by atoms with Crippen LogP contribution in [0.4, 0.5) is 17.3 Å². The zero-order valence-electron chi connectivity index (χ0n) is 17.3. The molecule has 0 fully saturated rings. The Morgan fingerprint density at radius 2 is 2.00 bits per heavy atom. The zero-order chi connectivity index (χ0) is 22.5. The van der Waals surface area contributed by atoms with Crippen LogP contribution in [-0.2, 0) is 6.61 Å². The molecule has 1 amide bonds. The molecule has 0 bridgehead atoms. The summed E-state index contributed by atoms with van der Waals surface area (Å²) in [5, 5.41) is 11.8. The van der Waals surface area contributed by atoms with E-state index in [2.05, 4.69) is 31.6 Å². The van der Waals surface area contributed by atoms with Crippen LogP contribution >= 0.6 is 11.6 Å². The third-order valence-corrected chi connectivity index (χ3v) is 4.99. The number of nitrogens with zero attached hydrogens (tertiary/aromatic N) is 4. The molecule has 0 atom stereocenters. The van der Waals surface area contributed by atoms with Crippen LogP contribution < -0.4 is 25.1 Å². The highest BCUT2D eigenvalue weighted by atomic mass is 35.5. The molecule has 0 spiro atoms. The van der Waals surface area contributed by atoms with Crippen molar-refractivity contribution < 1.29 is 14.3 Å². The molecule has 10 heteroatoms. The lowest BCUT2D eigenvalue weighted by molar-refractivity contribution is 0.0962. The van der Waals surface area contributed by atoms with Gasteiger partial charge >= 0.3 is 0 Å². The van der Waals surface area contributed by atoms with Gasteiger partial charge < -0.3 is 20.1 Å². The Hall–Kier alpha value is -4.07. The van der Waals surface area contributed by atoms with Gasteiger partial charge in [0.15, 0.2) is 5.75 Å². The lowest BCUT2D eigenvalue weighted by Gasteiger charge is -2.16. The molecule has 0 radical (unpaired) electrons. The second-order valence-electron chi connectivity index (χ2n) is 6.64. The normalized spacial score (nSPS) is 11.7. The Labute approximate surface area is 189 Å². The largest absolute Gasteiger partial charge is 0.495 e. The molecule has 162 valence electrons. The molecule has 2 heterocycles. The third kappa shape index (κ3) is 4.64. The van der Waals surface area contributed by atoms with Crippen molar-refractivity contribution in [2.24, 2.45) is 5.10 Å². The second-order valence-corrected chi connectivity index (χ2v) is 7.02. The van der Waals surface area contributed by atoms with Gasteiger partial charge in [-0.25, -0.2) is 15.0 Å². The molecule has 1 aliphatic heterocycles. The molecule has 0 saturated carbocycles. The van der Waals surface area contributed by atoms with Crippen LogP contribution in [0, 0.1) is 0 Å². The van der Waals surface area contributed by atoms with Crippen molar-refractivity contribution in [3.05, 3.63) is 71.1 Å². The number of ether oxygens (including phenoxy) is 2. The summed E-state index contributed by atoms with van der Waals surface area (Å²) in [5.41, 5.74) is 2.74. The first-order valence-corrected chi connectivity index (χ1v) is 9.94. The lowest BCUT2D eigenvalue weighted by Crippen LogP contribution is -2.18. The van der Waals surface area contributed by atoms with Crippen molar-refractivity contribution in [3.63, 3.8) is 0 Å². The summed E-state index contributed by atoms with van der Waals surface area (Å²) < 4.78 is 11.0. The highest BCUT2D eigenvalue weighted by Gasteiger charge is 2.14. The number of anilines is 3. The van der Waals surface area contributed by atoms with Crippen LogP contribution in [0.25, 0.3) is 0 Å². The van der Waals surface area contributed by atoms with Crippen LogP contribution in [0.15, 0.2) is 60.1 Å². The second kappa shape index (κ2) is 9.38. The molecule has 9 nitrogen and oxygen atoms in total. The van der Waals surface area contributed by atoms with Gasteiger partial charge in [0, 0.05) is 29.7 Å². The summed E-state index contributed by atoms with van der Waals surface area (Å²) in [6, 6.07) is 10.9. The fraction of sp³-hybridized carbons (Fsp3) is 0.136. The summed E-state index contributed by atoms with van der Waals surface area (Å²) in [4.78, 5) is 20.6. The number of hydrazone groups is 1. The lowest BCUT2D eigenvalue weighted by atomic mass is 10.1. The number of carbonyl (C=O) groups excluding carboxylic acids is 1. The van der Waals surface area contributed by atoms with Gasteiger partial charge in [-0.1, -0.05) is 17.7 Å². The molecule has 0 unspecified atom stereocenters. The van der Waals surface area contributed by atoms with Gasteiger partial charge in [-0.15, -0.1) is 5.10 Å². The van der Waals surface area contributed by atoms with Gasteiger partial charge in [-0.2, -0.15) is 0 Å². The van der Waals surface area contributed by atoms with Crippen LogP contribution in [0.3, 0.4) is 0 Å². The number of amides is 1. The smallest absolute Gasteiger partial charge is 0.251 e. The standard InChI is InChI=1S/C22H19ClN6O3/c1-24-21(30)14-8-15(20(23)19(9-14)31-2)13-32-18-11-25-22(26-12-18)28-16-4-3-5-17(10-16)29-7-6-27-29/h3-5,7-12H,13H2,1-2H3,(H,24,30)(H,25,26,28). The quantitative estimate of drug-likeness (QED) is 0.539.